The highest BCUT2D eigenvalue weighted by atomic mass is 19.2. The zero-order valence-corrected chi connectivity index (χ0v) is 9.91. The third kappa shape index (κ3) is 4.13. The predicted molar refractivity (Wildman–Crippen MR) is 60.6 cm³/mol. The topological polar surface area (TPSA) is 37.3 Å². The van der Waals surface area contributed by atoms with Crippen LogP contribution in [0.25, 0.3) is 0 Å². The number of carbonyl (C=O) groups is 1. The van der Waals surface area contributed by atoms with E-state index in [2.05, 4.69) is 0 Å². The van der Waals surface area contributed by atoms with Crippen LogP contribution in [0.3, 0.4) is 0 Å². The Kier molecular flexibility index (Phi) is 4.61. The van der Waals surface area contributed by atoms with Gasteiger partial charge in [-0.3, -0.25) is 4.79 Å². The van der Waals surface area contributed by atoms with Crippen molar-refractivity contribution in [3.63, 3.8) is 0 Å². The first kappa shape index (κ1) is 13.6. The summed E-state index contributed by atoms with van der Waals surface area (Å²) in [5.41, 5.74) is 0.511. The monoisotopic (exact) mass is 242 g/mol. The van der Waals surface area contributed by atoms with Gasteiger partial charge in [0.05, 0.1) is 5.92 Å². The van der Waals surface area contributed by atoms with Crippen LogP contribution >= 0.6 is 0 Å². The smallest absolute Gasteiger partial charge is 0.306 e. The summed E-state index contributed by atoms with van der Waals surface area (Å²) in [5, 5.41) is 9.04. The Morgan fingerprint density at radius 1 is 1.29 bits per heavy atom. The second-order valence-corrected chi connectivity index (χ2v) is 4.62. The van der Waals surface area contributed by atoms with Gasteiger partial charge in [0.2, 0.25) is 0 Å². The van der Waals surface area contributed by atoms with Crippen molar-refractivity contribution in [1.29, 1.82) is 0 Å². The van der Waals surface area contributed by atoms with E-state index < -0.39 is 23.5 Å². The Morgan fingerprint density at radius 2 is 1.94 bits per heavy atom. The van der Waals surface area contributed by atoms with Gasteiger partial charge in [-0.25, -0.2) is 8.78 Å². The molecule has 0 aliphatic heterocycles. The maximum Gasteiger partial charge on any atom is 0.306 e. The number of benzene rings is 1. The van der Waals surface area contributed by atoms with Gasteiger partial charge in [-0.05, 0) is 36.5 Å². The molecule has 0 aromatic heterocycles. The van der Waals surface area contributed by atoms with Gasteiger partial charge in [0.1, 0.15) is 0 Å². The van der Waals surface area contributed by atoms with Crippen LogP contribution in [-0.4, -0.2) is 11.1 Å². The third-order valence-electron chi connectivity index (χ3n) is 2.57. The molecule has 0 heterocycles. The summed E-state index contributed by atoms with van der Waals surface area (Å²) in [6.45, 7) is 3.86. The molecule has 94 valence electrons. The van der Waals surface area contributed by atoms with Gasteiger partial charge in [0, 0.05) is 0 Å². The van der Waals surface area contributed by atoms with Crippen LogP contribution in [0.5, 0.6) is 0 Å². The molecule has 0 saturated heterocycles. The number of rotatable bonds is 5. The van der Waals surface area contributed by atoms with Crippen LogP contribution in [0.15, 0.2) is 18.2 Å². The molecule has 0 bridgehead atoms. The Balaban J connectivity index is 2.78. The molecule has 1 rings (SSSR count). The van der Waals surface area contributed by atoms with E-state index in [0.717, 1.165) is 12.1 Å². The van der Waals surface area contributed by atoms with Crippen molar-refractivity contribution in [2.24, 2.45) is 11.8 Å². The quantitative estimate of drug-likeness (QED) is 0.860. The minimum Gasteiger partial charge on any atom is -0.481 e. The Hall–Kier alpha value is -1.45. The fourth-order valence-corrected chi connectivity index (χ4v) is 1.79. The molecule has 1 aromatic rings. The summed E-state index contributed by atoms with van der Waals surface area (Å²) >= 11 is 0. The molecule has 2 nitrogen and oxygen atoms in total. The van der Waals surface area contributed by atoms with Crippen LogP contribution in [0.2, 0.25) is 0 Å². The highest BCUT2D eigenvalue weighted by Gasteiger charge is 2.19. The summed E-state index contributed by atoms with van der Waals surface area (Å²) < 4.78 is 25.7. The number of hydrogen-bond donors (Lipinski definition) is 1. The molecular weight excluding hydrogens is 226 g/mol. The van der Waals surface area contributed by atoms with E-state index >= 15 is 0 Å². The van der Waals surface area contributed by atoms with Gasteiger partial charge >= 0.3 is 5.97 Å². The van der Waals surface area contributed by atoms with Crippen molar-refractivity contribution in [3.8, 4) is 0 Å². The third-order valence-corrected chi connectivity index (χ3v) is 2.57. The normalized spacial score (nSPS) is 12.8. The fraction of sp³-hybridized carbons (Fsp3) is 0.462. The standard InChI is InChI=1S/C13H16F2O2/c1-8(2)5-10(13(16)17)6-9-3-4-11(14)12(15)7-9/h3-4,7-8,10H,5-6H2,1-2H3,(H,16,17). The van der Waals surface area contributed by atoms with Crippen LogP contribution < -0.4 is 0 Å². The van der Waals surface area contributed by atoms with Crippen molar-refractivity contribution < 1.29 is 18.7 Å². The van der Waals surface area contributed by atoms with Gasteiger partial charge in [0.25, 0.3) is 0 Å². The first-order valence-electron chi connectivity index (χ1n) is 5.57. The molecule has 1 atom stereocenters. The molecule has 17 heavy (non-hydrogen) atoms. The maximum atomic E-state index is 13.0. The van der Waals surface area contributed by atoms with Crippen molar-refractivity contribution >= 4 is 5.97 Å². The molecule has 0 amide bonds. The van der Waals surface area contributed by atoms with E-state index in [1.165, 1.54) is 6.07 Å². The number of aliphatic carboxylic acids is 1. The second kappa shape index (κ2) is 5.75. The Bertz CT molecular complexity index is 402. The second-order valence-electron chi connectivity index (χ2n) is 4.62. The first-order chi connectivity index (χ1) is 7.90. The molecule has 0 saturated carbocycles. The maximum absolute atomic E-state index is 13.0. The molecule has 0 radical (unpaired) electrons. The molecular formula is C13H16F2O2. The minimum absolute atomic E-state index is 0.227. The molecule has 0 aliphatic rings. The van der Waals surface area contributed by atoms with Crippen molar-refractivity contribution in [3.05, 3.63) is 35.4 Å². The first-order valence-corrected chi connectivity index (χ1v) is 5.57. The summed E-state index contributed by atoms with van der Waals surface area (Å²) in [6.07, 6.45) is 0.749. The lowest BCUT2D eigenvalue weighted by atomic mass is 9.91. The van der Waals surface area contributed by atoms with Crippen LogP contribution in [0.1, 0.15) is 25.8 Å². The highest BCUT2D eigenvalue weighted by Crippen LogP contribution is 2.19. The summed E-state index contributed by atoms with van der Waals surface area (Å²) in [4.78, 5) is 11.0. The fourth-order valence-electron chi connectivity index (χ4n) is 1.79. The number of halogens is 2. The lowest BCUT2D eigenvalue weighted by Gasteiger charge is -2.14. The van der Waals surface area contributed by atoms with Crippen LogP contribution in [-0.2, 0) is 11.2 Å². The molecule has 0 fully saturated rings. The average Bonchev–Trinajstić information content (AvgIpc) is 2.21. The molecule has 4 heteroatoms. The number of carboxylic acid groups (broad SMARTS) is 1. The highest BCUT2D eigenvalue weighted by molar-refractivity contribution is 5.70. The SMILES string of the molecule is CC(C)CC(Cc1ccc(F)c(F)c1)C(=O)O. The van der Waals surface area contributed by atoms with E-state index in [9.17, 15) is 13.6 Å². The van der Waals surface area contributed by atoms with E-state index in [0.29, 0.717) is 12.0 Å². The molecule has 1 unspecified atom stereocenters. The molecule has 0 spiro atoms. The number of hydrogen-bond acceptors (Lipinski definition) is 1. The van der Waals surface area contributed by atoms with Gasteiger partial charge < -0.3 is 5.11 Å². The van der Waals surface area contributed by atoms with Crippen molar-refractivity contribution in [2.45, 2.75) is 26.7 Å². The van der Waals surface area contributed by atoms with Crippen LogP contribution in [0, 0.1) is 23.5 Å². The van der Waals surface area contributed by atoms with Gasteiger partial charge in [-0.2, -0.15) is 0 Å². The van der Waals surface area contributed by atoms with E-state index in [4.69, 9.17) is 5.11 Å². The van der Waals surface area contributed by atoms with E-state index in [1.54, 1.807) is 0 Å². The molecule has 1 aromatic carbocycles. The number of carboxylic acids is 1. The molecule has 1 N–H and O–H groups in total. The van der Waals surface area contributed by atoms with Gasteiger partial charge in [0.15, 0.2) is 11.6 Å². The summed E-state index contributed by atoms with van der Waals surface area (Å²) in [5.74, 6) is -3.05. The largest absolute Gasteiger partial charge is 0.481 e. The average molecular weight is 242 g/mol. The van der Waals surface area contributed by atoms with Gasteiger partial charge in [-0.15, -0.1) is 0 Å². The Morgan fingerprint density at radius 3 is 2.41 bits per heavy atom. The lowest BCUT2D eigenvalue weighted by Crippen LogP contribution is -2.18. The van der Waals surface area contributed by atoms with E-state index in [-0.39, 0.29) is 12.3 Å². The zero-order valence-electron chi connectivity index (χ0n) is 9.91. The molecule has 0 aliphatic carbocycles. The summed E-state index contributed by atoms with van der Waals surface area (Å²) in [6, 6.07) is 3.51. The zero-order chi connectivity index (χ0) is 13.0. The predicted octanol–water partition coefficient (Wildman–Crippen LogP) is 3.25. The Labute approximate surface area is 99.3 Å². The summed E-state index contributed by atoms with van der Waals surface area (Å²) in [7, 11) is 0. The van der Waals surface area contributed by atoms with E-state index in [1.807, 2.05) is 13.8 Å². The minimum atomic E-state index is -0.934. The van der Waals surface area contributed by atoms with Crippen LogP contribution in [0.4, 0.5) is 8.78 Å². The van der Waals surface area contributed by atoms with Gasteiger partial charge in [-0.1, -0.05) is 19.9 Å². The van der Waals surface area contributed by atoms with Crippen molar-refractivity contribution in [2.75, 3.05) is 0 Å². The lowest BCUT2D eigenvalue weighted by molar-refractivity contribution is -0.142. The van der Waals surface area contributed by atoms with Crippen molar-refractivity contribution in [1.82, 2.24) is 0 Å².